The number of anilines is 1. The molecule has 0 spiro atoms. The molecular weight excluding hydrogens is 418 g/mol. The van der Waals surface area contributed by atoms with Gasteiger partial charge in [0, 0.05) is 43.7 Å². The lowest BCUT2D eigenvalue weighted by Gasteiger charge is -2.36. The highest BCUT2D eigenvalue weighted by Crippen LogP contribution is 2.39. The smallest absolute Gasteiger partial charge is 0.282 e. The number of carbonyl (C=O) groups is 2. The molecule has 2 aliphatic heterocycles. The molecular formula is C22H25N3O5S. The average molecular weight is 444 g/mol. The molecule has 0 bridgehead atoms. The van der Waals surface area contributed by atoms with Crippen LogP contribution in [0.25, 0.3) is 5.57 Å². The van der Waals surface area contributed by atoms with Gasteiger partial charge in [-0.05, 0) is 23.6 Å². The van der Waals surface area contributed by atoms with E-state index < -0.39 is 0 Å². The molecule has 2 aromatic rings. The predicted molar refractivity (Wildman–Crippen MR) is 118 cm³/mol. The summed E-state index contributed by atoms with van der Waals surface area (Å²) < 4.78 is 10.6. The van der Waals surface area contributed by atoms with Crippen molar-refractivity contribution in [3.05, 3.63) is 46.3 Å². The molecule has 9 heteroatoms. The van der Waals surface area contributed by atoms with E-state index in [2.05, 4.69) is 4.90 Å². The number of nitrogens with zero attached hydrogens (tertiary/aromatic N) is 3. The first kappa shape index (κ1) is 21.4. The first-order valence-corrected chi connectivity index (χ1v) is 10.9. The van der Waals surface area contributed by atoms with Crippen LogP contribution in [0.1, 0.15) is 4.88 Å². The molecule has 1 fully saturated rings. The van der Waals surface area contributed by atoms with E-state index in [0.717, 1.165) is 18.0 Å². The van der Waals surface area contributed by atoms with Crippen LogP contribution in [-0.4, -0.2) is 80.3 Å². The van der Waals surface area contributed by atoms with Gasteiger partial charge in [0.2, 0.25) is 0 Å². The number of aliphatic hydroxyl groups is 1. The summed E-state index contributed by atoms with van der Waals surface area (Å²) in [6, 6.07) is 8.76. The minimum absolute atomic E-state index is 0.105. The standard InChI is InChI=1S/C22H25N3O5S/c1-29-16-6-5-15(14-17(16)30-2)25-21(27)19(18-4-3-13-31-18)20(22(25)28)24-9-7-23(8-10-24)11-12-26/h3-6,13-14,26H,7-12H2,1-2H3. The van der Waals surface area contributed by atoms with Gasteiger partial charge in [-0.15, -0.1) is 11.3 Å². The lowest BCUT2D eigenvalue weighted by atomic mass is 10.1. The summed E-state index contributed by atoms with van der Waals surface area (Å²) in [5.41, 5.74) is 1.31. The minimum atomic E-state index is -0.340. The van der Waals surface area contributed by atoms with Gasteiger partial charge in [0.25, 0.3) is 11.8 Å². The zero-order valence-corrected chi connectivity index (χ0v) is 18.4. The Bertz CT molecular complexity index is 997. The van der Waals surface area contributed by atoms with Crippen LogP contribution in [-0.2, 0) is 9.59 Å². The molecule has 164 valence electrons. The predicted octanol–water partition coefficient (Wildman–Crippen LogP) is 1.66. The van der Waals surface area contributed by atoms with E-state index in [1.165, 1.54) is 30.5 Å². The van der Waals surface area contributed by atoms with Gasteiger partial charge < -0.3 is 19.5 Å². The summed E-state index contributed by atoms with van der Waals surface area (Å²) in [5, 5.41) is 11.1. The molecule has 31 heavy (non-hydrogen) atoms. The molecule has 0 saturated carbocycles. The maximum atomic E-state index is 13.6. The Morgan fingerprint density at radius 1 is 1.00 bits per heavy atom. The van der Waals surface area contributed by atoms with E-state index in [4.69, 9.17) is 9.47 Å². The number of piperazine rings is 1. The van der Waals surface area contributed by atoms with Crippen LogP contribution in [0.5, 0.6) is 11.5 Å². The Labute approximate surface area is 184 Å². The zero-order chi connectivity index (χ0) is 22.0. The summed E-state index contributed by atoms with van der Waals surface area (Å²) in [5.74, 6) is 0.296. The van der Waals surface area contributed by atoms with E-state index in [1.54, 1.807) is 18.2 Å². The summed E-state index contributed by atoms with van der Waals surface area (Å²) in [7, 11) is 3.05. The average Bonchev–Trinajstić information content (AvgIpc) is 3.40. The van der Waals surface area contributed by atoms with Crippen molar-refractivity contribution in [1.29, 1.82) is 0 Å². The van der Waals surface area contributed by atoms with Gasteiger partial charge in [-0.2, -0.15) is 0 Å². The lowest BCUT2D eigenvalue weighted by molar-refractivity contribution is -0.120. The maximum absolute atomic E-state index is 13.6. The Balaban J connectivity index is 1.70. The van der Waals surface area contributed by atoms with Gasteiger partial charge in [0.05, 0.1) is 32.1 Å². The SMILES string of the molecule is COc1ccc(N2C(=O)C(c3cccs3)=C(N3CCN(CCO)CC3)C2=O)cc1OC. The maximum Gasteiger partial charge on any atom is 0.282 e. The number of thiophene rings is 1. The van der Waals surface area contributed by atoms with Crippen LogP contribution in [0.4, 0.5) is 5.69 Å². The van der Waals surface area contributed by atoms with E-state index in [1.807, 2.05) is 22.4 Å². The lowest BCUT2D eigenvalue weighted by Crippen LogP contribution is -2.48. The van der Waals surface area contributed by atoms with Crippen molar-refractivity contribution in [3.8, 4) is 11.5 Å². The second kappa shape index (κ2) is 9.09. The fourth-order valence-electron chi connectivity index (χ4n) is 3.99. The molecule has 0 unspecified atom stereocenters. The molecule has 1 aromatic carbocycles. The van der Waals surface area contributed by atoms with Crippen molar-refractivity contribution >= 4 is 34.4 Å². The highest BCUT2D eigenvalue weighted by Gasteiger charge is 2.43. The Morgan fingerprint density at radius 3 is 2.35 bits per heavy atom. The molecule has 4 rings (SSSR count). The summed E-state index contributed by atoms with van der Waals surface area (Å²) in [4.78, 5) is 33.2. The number of imide groups is 1. The molecule has 3 heterocycles. The van der Waals surface area contributed by atoms with E-state index in [-0.39, 0.29) is 18.4 Å². The molecule has 0 aliphatic carbocycles. The first-order chi connectivity index (χ1) is 15.1. The highest BCUT2D eigenvalue weighted by atomic mass is 32.1. The Kier molecular flexibility index (Phi) is 6.26. The van der Waals surface area contributed by atoms with E-state index in [9.17, 15) is 14.7 Å². The van der Waals surface area contributed by atoms with Crippen molar-refractivity contribution in [1.82, 2.24) is 9.80 Å². The fourth-order valence-corrected chi connectivity index (χ4v) is 4.75. The normalized spacial score (nSPS) is 17.6. The molecule has 1 saturated heterocycles. The van der Waals surface area contributed by atoms with Crippen molar-refractivity contribution in [2.45, 2.75) is 0 Å². The zero-order valence-electron chi connectivity index (χ0n) is 17.5. The number of carbonyl (C=O) groups excluding carboxylic acids is 2. The van der Waals surface area contributed by atoms with E-state index >= 15 is 0 Å². The van der Waals surface area contributed by atoms with Crippen LogP contribution in [0, 0.1) is 0 Å². The first-order valence-electron chi connectivity index (χ1n) is 10.1. The second-order valence-electron chi connectivity index (χ2n) is 7.24. The Hall–Kier alpha value is -2.88. The molecule has 2 amide bonds. The van der Waals surface area contributed by atoms with Gasteiger partial charge in [-0.25, -0.2) is 4.90 Å². The number of methoxy groups -OCH3 is 2. The van der Waals surface area contributed by atoms with Crippen LogP contribution < -0.4 is 14.4 Å². The molecule has 8 nitrogen and oxygen atoms in total. The highest BCUT2D eigenvalue weighted by molar-refractivity contribution is 7.11. The van der Waals surface area contributed by atoms with Crippen LogP contribution in [0.3, 0.4) is 0 Å². The van der Waals surface area contributed by atoms with Crippen LogP contribution >= 0.6 is 11.3 Å². The molecule has 1 N–H and O–H groups in total. The van der Waals surface area contributed by atoms with Crippen LogP contribution in [0.2, 0.25) is 0 Å². The van der Waals surface area contributed by atoms with Crippen LogP contribution in [0.15, 0.2) is 41.4 Å². The number of ether oxygens (including phenoxy) is 2. The number of aliphatic hydroxyl groups excluding tert-OH is 1. The van der Waals surface area contributed by atoms with Crippen molar-refractivity contribution < 1.29 is 24.2 Å². The van der Waals surface area contributed by atoms with E-state index in [0.29, 0.717) is 48.1 Å². The monoisotopic (exact) mass is 443 g/mol. The largest absolute Gasteiger partial charge is 0.493 e. The summed E-state index contributed by atoms with van der Waals surface area (Å²) in [6.45, 7) is 3.38. The van der Waals surface area contributed by atoms with Gasteiger partial charge >= 0.3 is 0 Å². The molecule has 0 atom stereocenters. The van der Waals surface area contributed by atoms with Gasteiger partial charge in [0.15, 0.2) is 11.5 Å². The number of rotatable bonds is 7. The molecule has 0 radical (unpaired) electrons. The van der Waals surface area contributed by atoms with Gasteiger partial charge in [-0.3, -0.25) is 14.5 Å². The summed E-state index contributed by atoms with van der Waals surface area (Å²) >= 11 is 1.44. The number of β-amino-alcohol motifs (C(OH)–C–C–N with tert-alkyl or cyclic N) is 1. The van der Waals surface area contributed by atoms with Crippen molar-refractivity contribution in [3.63, 3.8) is 0 Å². The molecule has 2 aliphatic rings. The molecule has 1 aromatic heterocycles. The van der Waals surface area contributed by atoms with Gasteiger partial charge in [0.1, 0.15) is 5.70 Å². The van der Waals surface area contributed by atoms with Gasteiger partial charge in [-0.1, -0.05) is 6.07 Å². The number of benzene rings is 1. The van der Waals surface area contributed by atoms with Crippen molar-refractivity contribution in [2.75, 3.05) is 58.5 Å². The Morgan fingerprint density at radius 2 is 1.74 bits per heavy atom. The number of amides is 2. The third kappa shape index (κ3) is 3.91. The topological polar surface area (TPSA) is 82.5 Å². The quantitative estimate of drug-likeness (QED) is 0.652. The number of hydrogen-bond donors (Lipinski definition) is 1. The third-order valence-corrected chi connectivity index (χ3v) is 6.44. The minimum Gasteiger partial charge on any atom is -0.493 e. The summed E-state index contributed by atoms with van der Waals surface area (Å²) in [6.07, 6.45) is 0. The third-order valence-electron chi connectivity index (χ3n) is 5.56. The van der Waals surface area contributed by atoms with Crippen molar-refractivity contribution in [2.24, 2.45) is 0 Å². The fraction of sp³-hybridized carbons (Fsp3) is 0.364. The number of hydrogen-bond acceptors (Lipinski definition) is 8. The second-order valence-corrected chi connectivity index (χ2v) is 8.19.